The molecular weight excluding hydrogens is 176 g/mol. The summed E-state index contributed by atoms with van der Waals surface area (Å²) in [7, 11) is 1.74. The van der Waals surface area contributed by atoms with Gasteiger partial charge in [0, 0.05) is 19.3 Å². The Kier molecular flexibility index (Phi) is 3.40. The van der Waals surface area contributed by atoms with Gasteiger partial charge in [-0.15, -0.1) is 0 Å². The van der Waals surface area contributed by atoms with Gasteiger partial charge in [0.15, 0.2) is 0 Å². The van der Waals surface area contributed by atoms with Crippen molar-refractivity contribution in [3.05, 3.63) is 40.8 Å². The molecule has 74 valence electrons. The Morgan fingerprint density at radius 3 is 2.64 bits per heavy atom. The molecule has 2 rings (SSSR count). The summed E-state index contributed by atoms with van der Waals surface area (Å²) in [5.41, 5.74) is 1.71. The van der Waals surface area contributed by atoms with Crippen molar-refractivity contribution < 1.29 is 0 Å². The van der Waals surface area contributed by atoms with Gasteiger partial charge in [0.1, 0.15) is 0 Å². The Bertz CT molecular complexity index is 474. The molecule has 0 aliphatic heterocycles. The molecule has 2 aromatic heterocycles. The molecule has 0 spiro atoms. The van der Waals surface area contributed by atoms with E-state index in [-0.39, 0.29) is 5.56 Å². The summed E-state index contributed by atoms with van der Waals surface area (Å²) in [6, 6.07) is 6.96. The van der Waals surface area contributed by atoms with Gasteiger partial charge in [-0.05, 0) is 18.2 Å². The molecule has 0 aliphatic carbocycles. The molecule has 0 radical (unpaired) electrons. The van der Waals surface area contributed by atoms with Crippen LogP contribution in [0.5, 0.6) is 0 Å². The van der Waals surface area contributed by atoms with E-state index in [9.17, 15) is 4.79 Å². The maximum atomic E-state index is 11.2. The maximum absolute atomic E-state index is 11.2. The fraction of sp³-hybridized carbons (Fsp3) is 0.273. The van der Waals surface area contributed by atoms with Crippen LogP contribution in [0.15, 0.2) is 35.3 Å². The van der Waals surface area contributed by atoms with Gasteiger partial charge < -0.3 is 4.57 Å². The first-order valence-electron chi connectivity index (χ1n) is 4.70. The third-order valence-electron chi connectivity index (χ3n) is 1.89. The number of rotatable bonds is 0. The molecule has 0 aliphatic rings. The van der Waals surface area contributed by atoms with Crippen molar-refractivity contribution >= 4 is 11.0 Å². The minimum atomic E-state index is -0.00417. The van der Waals surface area contributed by atoms with Gasteiger partial charge >= 0.3 is 0 Å². The Morgan fingerprint density at radius 1 is 1.21 bits per heavy atom. The van der Waals surface area contributed by atoms with E-state index >= 15 is 0 Å². The third kappa shape index (κ3) is 1.82. The van der Waals surface area contributed by atoms with Gasteiger partial charge in [0.2, 0.25) is 0 Å². The molecule has 0 unspecified atom stereocenters. The number of fused-ring (bicyclic) bond motifs is 1. The van der Waals surface area contributed by atoms with Crippen LogP contribution in [0.1, 0.15) is 13.8 Å². The summed E-state index contributed by atoms with van der Waals surface area (Å²) >= 11 is 0. The number of hydrogen-bond donors (Lipinski definition) is 0. The molecule has 0 bridgehead atoms. The van der Waals surface area contributed by atoms with E-state index in [0.717, 1.165) is 11.0 Å². The van der Waals surface area contributed by atoms with Crippen molar-refractivity contribution in [2.75, 3.05) is 0 Å². The minimum absolute atomic E-state index is 0.00417. The SMILES string of the molecule is CC.Cn1c(=O)ccc2ncccc21. The van der Waals surface area contributed by atoms with Gasteiger partial charge in [0.05, 0.1) is 11.0 Å². The van der Waals surface area contributed by atoms with Crippen molar-refractivity contribution in [1.82, 2.24) is 9.55 Å². The predicted molar refractivity (Wildman–Crippen MR) is 58.3 cm³/mol. The lowest BCUT2D eigenvalue weighted by Crippen LogP contribution is -2.15. The molecule has 0 N–H and O–H groups in total. The van der Waals surface area contributed by atoms with Crippen LogP contribution in [-0.4, -0.2) is 9.55 Å². The molecule has 14 heavy (non-hydrogen) atoms. The van der Waals surface area contributed by atoms with Crippen molar-refractivity contribution in [3.63, 3.8) is 0 Å². The molecule has 0 amide bonds. The zero-order chi connectivity index (χ0) is 10.6. The van der Waals surface area contributed by atoms with Gasteiger partial charge in [-0.2, -0.15) is 0 Å². The van der Waals surface area contributed by atoms with Crippen molar-refractivity contribution in [1.29, 1.82) is 0 Å². The number of aromatic nitrogens is 2. The second-order valence-corrected chi connectivity index (χ2v) is 2.64. The van der Waals surface area contributed by atoms with Gasteiger partial charge in [-0.25, -0.2) is 0 Å². The first-order chi connectivity index (χ1) is 6.79. The highest BCUT2D eigenvalue weighted by Gasteiger charge is 1.96. The summed E-state index contributed by atoms with van der Waals surface area (Å²) in [5, 5.41) is 0. The van der Waals surface area contributed by atoms with E-state index in [4.69, 9.17) is 0 Å². The van der Waals surface area contributed by atoms with E-state index in [2.05, 4.69) is 4.98 Å². The quantitative estimate of drug-likeness (QED) is 0.636. The topological polar surface area (TPSA) is 34.9 Å². The number of nitrogens with zero attached hydrogens (tertiary/aromatic N) is 2. The second kappa shape index (κ2) is 4.56. The van der Waals surface area contributed by atoms with Crippen molar-refractivity contribution in [2.24, 2.45) is 7.05 Å². The van der Waals surface area contributed by atoms with Crippen LogP contribution in [0.25, 0.3) is 11.0 Å². The van der Waals surface area contributed by atoms with Crippen molar-refractivity contribution in [2.45, 2.75) is 13.8 Å². The Balaban J connectivity index is 0.000000461. The average Bonchev–Trinajstić information content (AvgIpc) is 2.27. The lowest BCUT2D eigenvalue weighted by Gasteiger charge is -2.01. The molecular formula is C11H14N2O. The van der Waals surface area contributed by atoms with E-state index in [1.54, 1.807) is 23.9 Å². The summed E-state index contributed by atoms with van der Waals surface area (Å²) in [4.78, 5) is 15.3. The molecule has 0 saturated heterocycles. The van der Waals surface area contributed by atoms with E-state index in [1.165, 1.54) is 6.07 Å². The minimum Gasteiger partial charge on any atom is -0.310 e. The summed E-state index contributed by atoms with van der Waals surface area (Å²) in [5.74, 6) is 0. The largest absolute Gasteiger partial charge is 0.310 e. The monoisotopic (exact) mass is 190 g/mol. The summed E-state index contributed by atoms with van der Waals surface area (Å²) in [6.07, 6.45) is 1.72. The predicted octanol–water partition coefficient (Wildman–Crippen LogP) is 1.96. The van der Waals surface area contributed by atoms with E-state index in [0.29, 0.717) is 0 Å². The molecule has 0 aromatic carbocycles. The van der Waals surface area contributed by atoms with Crippen LogP contribution in [0.2, 0.25) is 0 Å². The van der Waals surface area contributed by atoms with Gasteiger partial charge in [0.25, 0.3) is 5.56 Å². The number of pyridine rings is 2. The normalized spacial score (nSPS) is 9.36. The standard InChI is InChI=1S/C9H8N2O.C2H6/c1-11-8-3-2-6-10-7(8)4-5-9(11)12;1-2/h2-6H,1H3;1-2H3. The van der Waals surface area contributed by atoms with Crippen LogP contribution in [0, 0.1) is 0 Å². The maximum Gasteiger partial charge on any atom is 0.250 e. The van der Waals surface area contributed by atoms with Crippen molar-refractivity contribution in [3.8, 4) is 0 Å². The van der Waals surface area contributed by atoms with E-state index < -0.39 is 0 Å². The molecule has 0 fully saturated rings. The Labute approximate surface area is 83.0 Å². The fourth-order valence-corrected chi connectivity index (χ4v) is 1.20. The molecule has 0 saturated carbocycles. The van der Waals surface area contributed by atoms with E-state index in [1.807, 2.05) is 26.0 Å². The fourth-order valence-electron chi connectivity index (χ4n) is 1.20. The van der Waals surface area contributed by atoms with Gasteiger partial charge in [-0.1, -0.05) is 13.8 Å². The molecule has 2 heterocycles. The summed E-state index contributed by atoms with van der Waals surface area (Å²) < 4.78 is 1.59. The Hall–Kier alpha value is -1.64. The zero-order valence-corrected chi connectivity index (χ0v) is 8.69. The van der Waals surface area contributed by atoms with Crippen LogP contribution in [-0.2, 0) is 7.05 Å². The number of hydrogen-bond acceptors (Lipinski definition) is 2. The molecule has 2 aromatic rings. The van der Waals surface area contributed by atoms with Crippen LogP contribution in [0.3, 0.4) is 0 Å². The first kappa shape index (κ1) is 10.4. The highest BCUT2D eigenvalue weighted by molar-refractivity contribution is 5.73. The van der Waals surface area contributed by atoms with Crippen LogP contribution >= 0.6 is 0 Å². The average molecular weight is 190 g/mol. The molecule has 3 nitrogen and oxygen atoms in total. The summed E-state index contributed by atoms with van der Waals surface area (Å²) in [6.45, 7) is 4.00. The third-order valence-corrected chi connectivity index (χ3v) is 1.89. The smallest absolute Gasteiger partial charge is 0.250 e. The lowest BCUT2D eigenvalue weighted by molar-refractivity contribution is 0.903. The van der Waals surface area contributed by atoms with Crippen LogP contribution in [0.4, 0.5) is 0 Å². The van der Waals surface area contributed by atoms with Crippen LogP contribution < -0.4 is 5.56 Å². The lowest BCUT2D eigenvalue weighted by atomic mass is 10.3. The zero-order valence-electron chi connectivity index (χ0n) is 8.69. The second-order valence-electron chi connectivity index (χ2n) is 2.64. The number of aryl methyl sites for hydroxylation is 1. The van der Waals surface area contributed by atoms with Gasteiger partial charge in [-0.3, -0.25) is 9.78 Å². The first-order valence-corrected chi connectivity index (χ1v) is 4.70. The molecule has 0 atom stereocenters. The molecule has 3 heteroatoms. The highest BCUT2D eigenvalue weighted by Crippen LogP contribution is 2.05. The Morgan fingerprint density at radius 2 is 1.93 bits per heavy atom. The highest BCUT2D eigenvalue weighted by atomic mass is 16.1.